The molecule has 150 valence electrons. The Bertz CT molecular complexity index is 871. The van der Waals surface area contributed by atoms with Gasteiger partial charge in [0.1, 0.15) is 11.6 Å². The van der Waals surface area contributed by atoms with Gasteiger partial charge in [-0.05, 0) is 39.6 Å². The molecule has 1 aromatic heterocycles. The second-order valence-electron chi connectivity index (χ2n) is 7.46. The Labute approximate surface area is 168 Å². The van der Waals surface area contributed by atoms with Crippen molar-refractivity contribution in [1.29, 1.82) is 5.26 Å². The molecule has 0 aliphatic carbocycles. The van der Waals surface area contributed by atoms with Gasteiger partial charge in [-0.1, -0.05) is 44.4 Å². The van der Waals surface area contributed by atoms with Gasteiger partial charge in [0.05, 0.1) is 0 Å². The molecule has 0 radical (unpaired) electrons. The standard InChI is InChI=1S/C23H32N4O/c1-5-6-7-10-13-25-23(28)19(17-24)16-21-18(2)27(15-14-26(3)4)22-12-9-8-11-20(21)22/h8-9,11-12,16H,5-7,10,13-15H2,1-4H3,(H,25,28)/b19-16+. The Kier molecular flexibility index (Phi) is 8.28. The zero-order chi connectivity index (χ0) is 20.5. The number of benzene rings is 1. The summed E-state index contributed by atoms with van der Waals surface area (Å²) in [6, 6.07) is 10.3. The van der Waals surface area contributed by atoms with Crippen LogP contribution in [0.1, 0.15) is 43.9 Å². The van der Waals surface area contributed by atoms with Crippen LogP contribution in [-0.2, 0) is 11.3 Å². The normalized spacial score (nSPS) is 11.8. The first-order valence-corrected chi connectivity index (χ1v) is 10.1. The number of hydrogen-bond donors (Lipinski definition) is 1. The van der Waals surface area contributed by atoms with Crippen LogP contribution in [0.4, 0.5) is 0 Å². The molecular weight excluding hydrogens is 348 g/mol. The van der Waals surface area contributed by atoms with Gasteiger partial charge in [-0.3, -0.25) is 4.79 Å². The first kappa shape index (κ1) is 21.7. The number of nitrogens with zero attached hydrogens (tertiary/aromatic N) is 3. The molecule has 0 aliphatic heterocycles. The number of amides is 1. The Morgan fingerprint density at radius 3 is 2.68 bits per heavy atom. The van der Waals surface area contributed by atoms with Gasteiger partial charge in [0.2, 0.25) is 0 Å². The smallest absolute Gasteiger partial charge is 0.261 e. The summed E-state index contributed by atoms with van der Waals surface area (Å²) in [4.78, 5) is 14.6. The minimum absolute atomic E-state index is 0.161. The van der Waals surface area contributed by atoms with Crippen molar-refractivity contribution in [2.75, 3.05) is 27.2 Å². The van der Waals surface area contributed by atoms with Crippen LogP contribution < -0.4 is 5.32 Å². The highest BCUT2D eigenvalue weighted by Gasteiger charge is 2.15. The minimum atomic E-state index is -0.288. The number of fused-ring (bicyclic) bond motifs is 1. The molecule has 1 amide bonds. The van der Waals surface area contributed by atoms with Crippen LogP contribution in [0.2, 0.25) is 0 Å². The highest BCUT2D eigenvalue weighted by atomic mass is 16.1. The maximum absolute atomic E-state index is 12.5. The van der Waals surface area contributed by atoms with Crippen molar-refractivity contribution in [1.82, 2.24) is 14.8 Å². The van der Waals surface area contributed by atoms with E-state index in [9.17, 15) is 10.1 Å². The maximum atomic E-state index is 12.5. The number of carbonyl (C=O) groups excluding carboxylic acids is 1. The molecule has 0 fully saturated rings. The Morgan fingerprint density at radius 2 is 2.00 bits per heavy atom. The van der Waals surface area contributed by atoms with Crippen molar-refractivity contribution in [2.24, 2.45) is 0 Å². The van der Waals surface area contributed by atoms with E-state index < -0.39 is 0 Å². The lowest BCUT2D eigenvalue weighted by atomic mass is 10.1. The maximum Gasteiger partial charge on any atom is 0.261 e. The van der Waals surface area contributed by atoms with Crippen molar-refractivity contribution in [3.63, 3.8) is 0 Å². The number of hydrogen-bond acceptors (Lipinski definition) is 3. The molecule has 0 atom stereocenters. The van der Waals surface area contributed by atoms with Gasteiger partial charge in [-0.15, -0.1) is 0 Å². The zero-order valence-electron chi connectivity index (χ0n) is 17.6. The molecule has 0 spiro atoms. The van der Waals surface area contributed by atoms with Crippen molar-refractivity contribution in [3.8, 4) is 6.07 Å². The van der Waals surface area contributed by atoms with Gasteiger partial charge in [0, 0.05) is 41.8 Å². The number of likely N-dealkylation sites (N-methyl/N-ethyl adjacent to an activating group) is 1. The zero-order valence-corrected chi connectivity index (χ0v) is 17.6. The SMILES string of the molecule is CCCCCCNC(=O)/C(C#N)=C/c1c(C)n(CCN(C)C)c2ccccc12. The fraction of sp³-hybridized carbons (Fsp3) is 0.478. The summed E-state index contributed by atoms with van der Waals surface area (Å²) in [6.07, 6.45) is 6.12. The van der Waals surface area contributed by atoms with Gasteiger partial charge in [0.15, 0.2) is 0 Å². The molecular formula is C23H32N4O. The molecule has 0 bridgehead atoms. The van der Waals surface area contributed by atoms with E-state index in [4.69, 9.17) is 0 Å². The van der Waals surface area contributed by atoms with Gasteiger partial charge in [-0.2, -0.15) is 5.26 Å². The summed E-state index contributed by atoms with van der Waals surface area (Å²) >= 11 is 0. The predicted octanol–water partition coefficient (Wildman–Crippen LogP) is 4.11. The van der Waals surface area contributed by atoms with E-state index in [1.54, 1.807) is 6.08 Å². The lowest BCUT2D eigenvalue weighted by Gasteiger charge is -2.13. The average Bonchev–Trinajstić information content (AvgIpc) is 2.95. The molecule has 0 saturated carbocycles. The Hall–Kier alpha value is -2.58. The summed E-state index contributed by atoms with van der Waals surface area (Å²) in [5, 5.41) is 13.5. The van der Waals surface area contributed by atoms with Gasteiger partial charge >= 0.3 is 0 Å². The van der Waals surface area contributed by atoms with Crippen LogP contribution >= 0.6 is 0 Å². The van der Waals surface area contributed by atoms with Gasteiger partial charge in [-0.25, -0.2) is 0 Å². The van der Waals surface area contributed by atoms with Crippen LogP contribution in [0.3, 0.4) is 0 Å². The lowest BCUT2D eigenvalue weighted by molar-refractivity contribution is -0.117. The van der Waals surface area contributed by atoms with Crippen LogP contribution in [0.15, 0.2) is 29.8 Å². The molecule has 28 heavy (non-hydrogen) atoms. The number of rotatable bonds is 10. The second-order valence-corrected chi connectivity index (χ2v) is 7.46. The molecule has 1 N–H and O–H groups in total. The highest BCUT2D eigenvalue weighted by Crippen LogP contribution is 2.28. The third-order valence-electron chi connectivity index (χ3n) is 5.02. The average molecular weight is 381 g/mol. The summed E-state index contributed by atoms with van der Waals surface area (Å²) in [5.41, 5.74) is 3.32. The Morgan fingerprint density at radius 1 is 1.25 bits per heavy atom. The number of nitriles is 1. The van der Waals surface area contributed by atoms with Crippen molar-refractivity contribution in [3.05, 3.63) is 41.1 Å². The molecule has 5 nitrogen and oxygen atoms in total. The lowest BCUT2D eigenvalue weighted by Crippen LogP contribution is -2.25. The molecule has 0 saturated heterocycles. The molecule has 1 heterocycles. The molecule has 2 rings (SSSR count). The van der Waals surface area contributed by atoms with Crippen LogP contribution in [-0.4, -0.2) is 42.6 Å². The number of carbonyl (C=O) groups is 1. The topological polar surface area (TPSA) is 61.1 Å². The number of unbranched alkanes of at least 4 members (excludes halogenated alkanes) is 3. The quantitative estimate of drug-likeness (QED) is 0.383. The molecule has 5 heteroatoms. The minimum Gasteiger partial charge on any atom is -0.351 e. The second kappa shape index (κ2) is 10.7. The third-order valence-corrected chi connectivity index (χ3v) is 5.02. The number of para-hydroxylation sites is 1. The third kappa shape index (κ3) is 5.46. The monoisotopic (exact) mass is 380 g/mol. The van der Waals surface area contributed by atoms with E-state index in [0.717, 1.165) is 54.5 Å². The van der Waals surface area contributed by atoms with E-state index in [2.05, 4.69) is 60.9 Å². The van der Waals surface area contributed by atoms with E-state index in [-0.39, 0.29) is 11.5 Å². The van der Waals surface area contributed by atoms with Crippen molar-refractivity contribution < 1.29 is 4.79 Å². The predicted molar refractivity (Wildman–Crippen MR) is 116 cm³/mol. The molecule has 2 aromatic rings. The summed E-state index contributed by atoms with van der Waals surface area (Å²) in [5.74, 6) is -0.288. The summed E-state index contributed by atoms with van der Waals surface area (Å²) in [7, 11) is 4.11. The summed E-state index contributed by atoms with van der Waals surface area (Å²) < 4.78 is 2.26. The van der Waals surface area contributed by atoms with Crippen molar-refractivity contribution in [2.45, 2.75) is 46.1 Å². The van der Waals surface area contributed by atoms with Gasteiger partial charge < -0.3 is 14.8 Å². The number of aromatic nitrogens is 1. The largest absolute Gasteiger partial charge is 0.351 e. The first-order valence-electron chi connectivity index (χ1n) is 10.1. The van der Waals surface area contributed by atoms with E-state index in [1.807, 2.05) is 12.1 Å². The fourth-order valence-corrected chi connectivity index (χ4v) is 3.37. The fourth-order valence-electron chi connectivity index (χ4n) is 3.37. The Balaban J connectivity index is 2.28. The number of nitrogens with one attached hydrogen (secondary N) is 1. The first-order chi connectivity index (χ1) is 13.5. The van der Waals surface area contributed by atoms with E-state index >= 15 is 0 Å². The van der Waals surface area contributed by atoms with E-state index in [1.165, 1.54) is 6.42 Å². The van der Waals surface area contributed by atoms with Crippen LogP contribution in [0.25, 0.3) is 17.0 Å². The summed E-state index contributed by atoms with van der Waals surface area (Å²) in [6.45, 7) is 6.61. The van der Waals surface area contributed by atoms with Crippen molar-refractivity contribution >= 4 is 22.9 Å². The molecule has 0 unspecified atom stereocenters. The van der Waals surface area contributed by atoms with Gasteiger partial charge in [0.25, 0.3) is 5.91 Å². The van der Waals surface area contributed by atoms with Crippen LogP contribution in [0.5, 0.6) is 0 Å². The highest BCUT2D eigenvalue weighted by molar-refractivity contribution is 6.04. The molecule has 0 aliphatic rings. The van der Waals surface area contributed by atoms with Crippen LogP contribution in [0, 0.1) is 18.3 Å². The molecule has 1 aromatic carbocycles. The van der Waals surface area contributed by atoms with E-state index in [0.29, 0.717) is 6.54 Å².